The summed E-state index contributed by atoms with van der Waals surface area (Å²) in [5, 5.41) is 3.34. The standard InChI is InChI=1S/C18H13FN4S/c19-14-5-3-13(4-6-14)16-8-15-17(24-16)18(23-11-22-15)21-10-12-2-1-7-20-9-12/h1-9,11H,10H2,(H,21,22,23). The first-order valence-electron chi connectivity index (χ1n) is 7.43. The fraction of sp³-hybridized carbons (Fsp3) is 0.0556. The lowest BCUT2D eigenvalue weighted by Crippen LogP contribution is -2.01. The van der Waals surface area contributed by atoms with Gasteiger partial charge < -0.3 is 5.32 Å². The van der Waals surface area contributed by atoms with E-state index in [1.165, 1.54) is 12.1 Å². The Bertz CT molecular complexity index is 967. The number of aromatic nitrogens is 3. The molecule has 0 unspecified atom stereocenters. The third-order valence-electron chi connectivity index (χ3n) is 3.62. The van der Waals surface area contributed by atoms with Gasteiger partial charge in [0, 0.05) is 23.8 Å². The van der Waals surface area contributed by atoms with Crippen LogP contribution in [0.3, 0.4) is 0 Å². The van der Waals surface area contributed by atoms with Crippen molar-refractivity contribution in [1.82, 2.24) is 15.0 Å². The van der Waals surface area contributed by atoms with Crippen LogP contribution in [0.2, 0.25) is 0 Å². The number of fused-ring (bicyclic) bond motifs is 1. The van der Waals surface area contributed by atoms with Crippen molar-refractivity contribution in [1.29, 1.82) is 0 Å². The number of halogens is 1. The Morgan fingerprint density at radius 2 is 1.96 bits per heavy atom. The van der Waals surface area contributed by atoms with E-state index >= 15 is 0 Å². The molecule has 6 heteroatoms. The summed E-state index contributed by atoms with van der Waals surface area (Å²) >= 11 is 1.59. The molecule has 0 saturated heterocycles. The smallest absolute Gasteiger partial charge is 0.147 e. The molecule has 0 bridgehead atoms. The van der Waals surface area contributed by atoms with Crippen LogP contribution in [0.5, 0.6) is 0 Å². The van der Waals surface area contributed by atoms with Gasteiger partial charge in [-0.05, 0) is 35.4 Å². The van der Waals surface area contributed by atoms with Crippen LogP contribution in [0.1, 0.15) is 5.56 Å². The first kappa shape index (κ1) is 14.7. The summed E-state index contributed by atoms with van der Waals surface area (Å²) in [4.78, 5) is 13.8. The largest absolute Gasteiger partial charge is 0.365 e. The fourth-order valence-corrected chi connectivity index (χ4v) is 3.51. The minimum atomic E-state index is -0.238. The maximum absolute atomic E-state index is 13.1. The minimum Gasteiger partial charge on any atom is -0.365 e. The van der Waals surface area contributed by atoms with Gasteiger partial charge in [0.05, 0.1) is 10.2 Å². The van der Waals surface area contributed by atoms with Gasteiger partial charge >= 0.3 is 0 Å². The van der Waals surface area contributed by atoms with Gasteiger partial charge in [-0.3, -0.25) is 4.98 Å². The summed E-state index contributed by atoms with van der Waals surface area (Å²) < 4.78 is 14.1. The van der Waals surface area contributed by atoms with Crippen molar-refractivity contribution in [2.24, 2.45) is 0 Å². The quantitative estimate of drug-likeness (QED) is 0.596. The Kier molecular flexibility index (Phi) is 3.88. The van der Waals surface area contributed by atoms with Crippen molar-refractivity contribution in [3.63, 3.8) is 0 Å². The highest BCUT2D eigenvalue weighted by molar-refractivity contribution is 7.22. The molecule has 1 aromatic carbocycles. The minimum absolute atomic E-state index is 0.238. The summed E-state index contributed by atoms with van der Waals surface area (Å²) in [6.45, 7) is 0.643. The summed E-state index contributed by atoms with van der Waals surface area (Å²) in [6.07, 6.45) is 5.12. The Balaban J connectivity index is 1.66. The van der Waals surface area contributed by atoms with Crippen LogP contribution in [-0.2, 0) is 6.54 Å². The first-order valence-corrected chi connectivity index (χ1v) is 8.24. The van der Waals surface area contributed by atoms with Gasteiger partial charge in [0.1, 0.15) is 18.0 Å². The molecule has 0 aliphatic rings. The van der Waals surface area contributed by atoms with Crippen molar-refractivity contribution >= 4 is 27.4 Å². The van der Waals surface area contributed by atoms with Crippen molar-refractivity contribution in [2.45, 2.75) is 6.54 Å². The molecular weight excluding hydrogens is 323 g/mol. The van der Waals surface area contributed by atoms with Gasteiger partial charge in [0.15, 0.2) is 0 Å². The summed E-state index contributed by atoms with van der Waals surface area (Å²) in [6, 6.07) is 12.4. The lowest BCUT2D eigenvalue weighted by Gasteiger charge is -2.05. The van der Waals surface area contributed by atoms with Crippen molar-refractivity contribution in [3.05, 3.63) is 72.6 Å². The van der Waals surface area contributed by atoms with Crippen LogP contribution >= 0.6 is 11.3 Å². The van der Waals surface area contributed by atoms with Crippen LogP contribution in [0.15, 0.2) is 61.2 Å². The third kappa shape index (κ3) is 2.96. The molecule has 118 valence electrons. The maximum Gasteiger partial charge on any atom is 0.147 e. The topological polar surface area (TPSA) is 50.7 Å². The zero-order chi connectivity index (χ0) is 16.4. The van der Waals surface area contributed by atoms with E-state index in [1.807, 2.05) is 24.4 Å². The highest BCUT2D eigenvalue weighted by Crippen LogP contribution is 2.35. The second kappa shape index (κ2) is 6.33. The molecule has 0 spiro atoms. The van der Waals surface area contributed by atoms with Gasteiger partial charge in [-0.1, -0.05) is 18.2 Å². The second-order valence-electron chi connectivity index (χ2n) is 5.27. The molecule has 0 amide bonds. The molecule has 4 nitrogen and oxygen atoms in total. The van der Waals surface area contributed by atoms with Gasteiger partial charge in [-0.25, -0.2) is 14.4 Å². The van der Waals surface area contributed by atoms with Crippen LogP contribution in [-0.4, -0.2) is 15.0 Å². The number of nitrogens with zero attached hydrogens (tertiary/aromatic N) is 3. The number of nitrogens with one attached hydrogen (secondary N) is 1. The molecule has 0 radical (unpaired) electrons. The Morgan fingerprint density at radius 3 is 2.75 bits per heavy atom. The number of benzene rings is 1. The average Bonchev–Trinajstić information content (AvgIpc) is 3.06. The van der Waals surface area contributed by atoms with E-state index in [2.05, 4.69) is 20.3 Å². The molecule has 0 aliphatic heterocycles. The summed E-state index contributed by atoms with van der Waals surface area (Å²) in [7, 11) is 0. The van der Waals surface area contributed by atoms with Crippen LogP contribution in [0.4, 0.5) is 10.2 Å². The first-order chi connectivity index (χ1) is 11.8. The molecule has 4 aromatic rings. The highest BCUT2D eigenvalue weighted by atomic mass is 32.1. The second-order valence-corrected chi connectivity index (χ2v) is 6.32. The zero-order valence-electron chi connectivity index (χ0n) is 12.6. The molecule has 0 saturated carbocycles. The zero-order valence-corrected chi connectivity index (χ0v) is 13.4. The normalized spacial score (nSPS) is 10.9. The number of hydrogen-bond donors (Lipinski definition) is 1. The van der Waals surface area contributed by atoms with E-state index in [0.717, 1.165) is 32.0 Å². The van der Waals surface area contributed by atoms with E-state index < -0.39 is 0 Å². The molecule has 0 fully saturated rings. The molecule has 3 heterocycles. The van der Waals surface area contributed by atoms with E-state index in [0.29, 0.717) is 6.54 Å². The Labute approximate surface area is 142 Å². The average molecular weight is 336 g/mol. The number of thiophene rings is 1. The number of hydrogen-bond acceptors (Lipinski definition) is 5. The van der Waals surface area contributed by atoms with E-state index in [9.17, 15) is 4.39 Å². The van der Waals surface area contributed by atoms with Crippen LogP contribution in [0.25, 0.3) is 20.7 Å². The highest BCUT2D eigenvalue weighted by Gasteiger charge is 2.10. The molecule has 4 rings (SSSR count). The van der Waals surface area contributed by atoms with Crippen molar-refractivity contribution in [2.75, 3.05) is 5.32 Å². The molecule has 3 aromatic heterocycles. The molecule has 0 aliphatic carbocycles. The van der Waals surface area contributed by atoms with Gasteiger partial charge in [-0.15, -0.1) is 11.3 Å². The molecule has 1 N–H and O–H groups in total. The van der Waals surface area contributed by atoms with Crippen molar-refractivity contribution in [3.8, 4) is 10.4 Å². The summed E-state index contributed by atoms with van der Waals surface area (Å²) in [5.41, 5.74) is 2.93. The van der Waals surface area contributed by atoms with Crippen LogP contribution in [0, 0.1) is 5.82 Å². The van der Waals surface area contributed by atoms with Gasteiger partial charge in [0.2, 0.25) is 0 Å². The van der Waals surface area contributed by atoms with Crippen molar-refractivity contribution < 1.29 is 4.39 Å². The molecular formula is C18H13FN4S. The SMILES string of the molecule is Fc1ccc(-c2cc3ncnc(NCc4cccnc4)c3s2)cc1. The van der Waals surface area contributed by atoms with Gasteiger partial charge in [-0.2, -0.15) is 0 Å². The Hall–Kier alpha value is -2.86. The van der Waals surface area contributed by atoms with E-state index in [1.54, 1.807) is 36.0 Å². The lowest BCUT2D eigenvalue weighted by molar-refractivity contribution is 0.628. The third-order valence-corrected chi connectivity index (χ3v) is 4.80. The number of anilines is 1. The predicted molar refractivity (Wildman–Crippen MR) is 94.4 cm³/mol. The Morgan fingerprint density at radius 1 is 1.08 bits per heavy atom. The van der Waals surface area contributed by atoms with Gasteiger partial charge in [0.25, 0.3) is 0 Å². The monoisotopic (exact) mass is 336 g/mol. The van der Waals surface area contributed by atoms with E-state index in [-0.39, 0.29) is 5.82 Å². The maximum atomic E-state index is 13.1. The number of rotatable bonds is 4. The lowest BCUT2D eigenvalue weighted by atomic mass is 10.2. The summed E-state index contributed by atoms with van der Waals surface area (Å²) in [5.74, 6) is 0.556. The van der Waals surface area contributed by atoms with Crippen LogP contribution < -0.4 is 5.32 Å². The number of pyridine rings is 1. The van der Waals surface area contributed by atoms with E-state index in [4.69, 9.17) is 0 Å². The molecule has 24 heavy (non-hydrogen) atoms. The predicted octanol–water partition coefficient (Wildman–Crippen LogP) is 4.50. The molecule has 0 atom stereocenters. The fourth-order valence-electron chi connectivity index (χ4n) is 2.43.